The highest BCUT2D eigenvalue weighted by atomic mass is 16.4. The molecule has 2 saturated heterocycles. The van der Waals surface area contributed by atoms with Crippen molar-refractivity contribution in [2.45, 2.75) is 168 Å². The molecule has 244 valence electrons. The Kier molecular flexibility index (Phi) is 11.0. The SMILES string of the molecule is CCC1(C)CC(N(CC2CCCC(CN(C(=O)O)C3CC(C)(CC)NC(C)(CC)C3C)C2)C(=O)O)C(C)C(C)(CC)N1. The zero-order chi connectivity index (χ0) is 31.7. The van der Waals surface area contributed by atoms with E-state index in [9.17, 15) is 19.8 Å². The number of nitrogens with one attached hydrogen (secondary N) is 2. The Morgan fingerprint density at radius 3 is 1.33 bits per heavy atom. The molecule has 0 aromatic rings. The normalized spacial score (nSPS) is 42.6. The van der Waals surface area contributed by atoms with Gasteiger partial charge < -0.3 is 30.6 Å². The Morgan fingerprint density at radius 1 is 0.690 bits per heavy atom. The summed E-state index contributed by atoms with van der Waals surface area (Å²) in [4.78, 5) is 29.1. The second kappa shape index (κ2) is 13.2. The minimum absolute atomic E-state index is 0.0384. The van der Waals surface area contributed by atoms with Gasteiger partial charge in [0.15, 0.2) is 0 Å². The third-order valence-electron chi connectivity index (χ3n) is 12.8. The first kappa shape index (κ1) is 34.9. The van der Waals surface area contributed by atoms with Crippen LogP contribution in [0.15, 0.2) is 0 Å². The van der Waals surface area contributed by atoms with Gasteiger partial charge in [0, 0.05) is 47.3 Å². The van der Waals surface area contributed by atoms with Gasteiger partial charge in [-0.1, -0.05) is 48.0 Å². The highest BCUT2D eigenvalue weighted by Gasteiger charge is 2.51. The summed E-state index contributed by atoms with van der Waals surface area (Å²) in [6, 6.07) is -0.0767. The summed E-state index contributed by atoms with van der Waals surface area (Å²) in [6.45, 7) is 23.3. The average Bonchev–Trinajstić information content (AvgIpc) is 2.94. The van der Waals surface area contributed by atoms with Gasteiger partial charge in [0.2, 0.25) is 0 Å². The van der Waals surface area contributed by atoms with Gasteiger partial charge in [-0.3, -0.25) is 0 Å². The summed E-state index contributed by atoms with van der Waals surface area (Å²) in [7, 11) is 0. The third kappa shape index (κ3) is 7.22. The van der Waals surface area contributed by atoms with Gasteiger partial charge in [-0.2, -0.15) is 0 Å². The molecule has 3 fully saturated rings. The molecule has 0 radical (unpaired) electrons. The second-order valence-electron chi connectivity index (χ2n) is 15.5. The van der Waals surface area contributed by atoms with Crippen LogP contribution < -0.4 is 10.6 Å². The van der Waals surface area contributed by atoms with E-state index < -0.39 is 12.2 Å². The van der Waals surface area contributed by atoms with Crippen LogP contribution in [0.1, 0.15) is 133 Å². The minimum atomic E-state index is -0.818. The van der Waals surface area contributed by atoms with E-state index in [1.54, 1.807) is 9.80 Å². The zero-order valence-corrected chi connectivity index (χ0v) is 28.6. The Bertz CT molecular complexity index is 877. The van der Waals surface area contributed by atoms with Gasteiger partial charge in [-0.15, -0.1) is 0 Å². The first-order valence-corrected chi connectivity index (χ1v) is 17.1. The van der Waals surface area contributed by atoms with Crippen molar-refractivity contribution in [3.05, 3.63) is 0 Å². The number of carbonyl (C=O) groups is 2. The van der Waals surface area contributed by atoms with E-state index in [0.717, 1.165) is 64.2 Å². The van der Waals surface area contributed by atoms with Gasteiger partial charge in [0.25, 0.3) is 0 Å². The molecule has 0 aromatic carbocycles. The molecular weight excluding hydrogens is 528 g/mol. The van der Waals surface area contributed by atoms with Crippen LogP contribution in [-0.4, -0.2) is 79.5 Å². The molecule has 2 amide bonds. The standard InChI is InChI=1S/C34H64N4O4/c1-11-31(7)19-27(23(5)33(9,13-3)35-31)37(29(39)40)21-25-16-15-17-26(18-25)22-38(30(41)42)28-20-32(8,12-2)36-34(10,14-4)24(28)6/h23-28,35-36H,11-22H2,1-10H3,(H,39,40)(H,41,42). The molecule has 0 spiro atoms. The van der Waals surface area contributed by atoms with Crippen molar-refractivity contribution in [2.24, 2.45) is 23.7 Å². The maximum atomic E-state index is 12.8. The maximum absolute atomic E-state index is 12.8. The first-order valence-electron chi connectivity index (χ1n) is 17.1. The van der Waals surface area contributed by atoms with E-state index in [1.807, 2.05) is 0 Å². The maximum Gasteiger partial charge on any atom is 0.407 e. The number of hydrogen-bond acceptors (Lipinski definition) is 4. The third-order valence-corrected chi connectivity index (χ3v) is 12.8. The molecule has 10 unspecified atom stereocenters. The summed E-state index contributed by atoms with van der Waals surface area (Å²) in [5, 5.41) is 28.8. The highest BCUT2D eigenvalue weighted by Crippen LogP contribution is 2.43. The fourth-order valence-corrected chi connectivity index (χ4v) is 8.88. The molecule has 4 N–H and O–H groups in total. The molecule has 0 aromatic heterocycles. The minimum Gasteiger partial charge on any atom is -0.465 e. The lowest BCUT2D eigenvalue weighted by atomic mass is 9.68. The predicted molar refractivity (Wildman–Crippen MR) is 171 cm³/mol. The van der Waals surface area contributed by atoms with Crippen LogP contribution in [-0.2, 0) is 0 Å². The summed E-state index contributed by atoms with van der Waals surface area (Å²) in [5.74, 6) is 0.903. The van der Waals surface area contributed by atoms with Crippen LogP contribution in [0.25, 0.3) is 0 Å². The zero-order valence-electron chi connectivity index (χ0n) is 28.6. The number of hydrogen-bond donors (Lipinski definition) is 4. The van der Waals surface area contributed by atoms with Crippen molar-refractivity contribution in [3.63, 3.8) is 0 Å². The van der Waals surface area contributed by atoms with E-state index >= 15 is 0 Å². The average molecular weight is 593 g/mol. The van der Waals surface area contributed by atoms with E-state index in [1.165, 1.54) is 0 Å². The lowest BCUT2D eigenvalue weighted by Gasteiger charge is -2.56. The molecule has 42 heavy (non-hydrogen) atoms. The Labute approximate surface area is 256 Å². The molecule has 1 aliphatic carbocycles. The van der Waals surface area contributed by atoms with Crippen molar-refractivity contribution in [1.29, 1.82) is 0 Å². The smallest absolute Gasteiger partial charge is 0.407 e. The van der Waals surface area contributed by atoms with Gasteiger partial charge in [-0.05, 0) is 109 Å². The van der Waals surface area contributed by atoms with Crippen molar-refractivity contribution >= 4 is 12.2 Å². The lowest BCUT2D eigenvalue weighted by molar-refractivity contribution is -0.0106. The molecule has 2 heterocycles. The van der Waals surface area contributed by atoms with E-state index in [0.29, 0.717) is 13.1 Å². The van der Waals surface area contributed by atoms with Crippen LogP contribution >= 0.6 is 0 Å². The summed E-state index contributed by atoms with van der Waals surface area (Å²) in [5.41, 5.74) is -0.440. The number of carboxylic acid groups (broad SMARTS) is 2. The monoisotopic (exact) mass is 592 g/mol. The van der Waals surface area contributed by atoms with Crippen LogP contribution in [0.2, 0.25) is 0 Å². The summed E-state index contributed by atoms with van der Waals surface area (Å²) >= 11 is 0. The Balaban J connectivity index is 1.78. The fraction of sp³-hybridized carbons (Fsp3) is 0.941. The van der Waals surface area contributed by atoms with Gasteiger partial charge in [-0.25, -0.2) is 9.59 Å². The Hall–Kier alpha value is -1.54. The van der Waals surface area contributed by atoms with E-state index in [-0.39, 0.29) is 57.9 Å². The van der Waals surface area contributed by atoms with Crippen LogP contribution in [0, 0.1) is 23.7 Å². The van der Waals surface area contributed by atoms with Crippen LogP contribution in [0.3, 0.4) is 0 Å². The van der Waals surface area contributed by atoms with Crippen LogP contribution in [0.5, 0.6) is 0 Å². The molecule has 3 rings (SSSR count). The lowest BCUT2D eigenvalue weighted by Crippen LogP contribution is -2.69. The van der Waals surface area contributed by atoms with Gasteiger partial charge in [0.1, 0.15) is 0 Å². The molecule has 0 bridgehead atoms. The fourth-order valence-electron chi connectivity index (χ4n) is 8.88. The molecule has 8 nitrogen and oxygen atoms in total. The van der Waals surface area contributed by atoms with Crippen molar-refractivity contribution in [2.75, 3.05) is 13.1 Å². The largest absolute Gasteiger partial charge is 0.465 e. The quantitative estimate of drug-likeness (QED) is 0.210. The van der Waals surface area contributed by atoms with Gasteiger partial charge >= 0.3 is 12.2 Å². The number of rotatable bonds is 10. The Morgan fingerprint density at radius 2 is 1.05 bits per heavy atom. The van der Waals surface area contributed by atoms with Crippen molar-refractivity contribution in [1.82, 2.24) is 20.4 Å². The number of nitrogens with zero attached hydrogens (tertiary/aromatic N) is 2. The van der Waals surface area contributed by atoms with E-state index in [4.69, 9.17) is 0 Å². The molecule has 10 atom stereocenters. The van der Waals surface area contributed by atoms with Gasteiger partial charge in [0.05, 0.1) is 0 Å². The molecule has 2 aliphatic heterocycles. The van der Waals surface area contributed by atoms with Crippen molar-refractivity contribution in [3.8, 4) is 0 Å². The van der Waals surface area contributed by atoms with E-state index in [2.05, 4.69) is 79.9 Å². The second-order valence-corrected chi connectivity index (χ2v) is 15.5. The number of amides is 2. The highest BCUT2D eigenvalue weighted by molar-refractivity contribution is 5.66. The molecular formula is C34H64N4O4. The molecule has 8 heteroatoms. The molecule has 3 aliphatic rings. The molecule has 1 saturated carbocycles. The summed E-state index contributed by atoms with van der Waals surface area (Å²) < 4.78 is 0. The van der Waals surface area contributed by atoms with Crippen LogP contribution in [0.4, 0.5) is 9.59 Å². The predicted octanol–water partition coefficient (Wildman–Crippen LogP) is 7.42. The number of piperidine rings is 2. The van der Waals surface area contributed by atoms with Crippen molar-refractivity contribution < 1.29 is 19.8 Å². The topological polar surface area (TPSA) is 105 Å². The first-order chi connectivity index (χ1) is 19.5. The summed E-state index contributed by atoms with van der Waals surface area (Å²) in [6.07, 6.45) is 7.74.